The Morgan fingerprint density at radius 2 is 0.891 bits per heavy atom. The Morgan fingerprint density at radius 1 is 0.455 bits per heavy atom. The first-order valence-corrected chi connectivity index (χ1v) is 18.9. The van der Waals surface area contributed by atoms with E-state index in [4.69, 9.17) is 14.2 Å². The second kappa shape index (κ2) is 17.7. The summed E-state index contributed by atoms with van der Waals surface area (Å²) < 4.78 is 16.9. The first-order chi connectivity index (χ1) is 26.7. The molecule has 0 aliphatic rings. The molecule has 5 nitrogen and oxygen atoms in total. The number of ether oxygens (including phenoxy) is 3. The quantitative estimate of drug-likeness (QED) is 0.0732. The van der Waals surface area contributed by atoms with Crippen LogP contribution in [0.3, 0.4) is 0 Å². The lowest BCUT2D eigenvalue weighted by molar-refractivity contribution is 0.255. The molecule has 0 atom stereocenters. The number of nitrogens with zero attached hydrogens (tertiary/aromatic N) is 2. The van der Waals surface area contributed by atoms with Crippen LogP contribution >= 0.6 is 0 Å². The van der Waals surface area contributed by atoms with Gasteiger partial charge in [-0.05, 0) is 157 Å². The molecule has 0 fully saturated rings. The molecule has 0 saturated carbocycles. The van der Waals surface area contributed by atoms with Gasteiger partial charge in [0.05, 0.1) is 38.5 Å². The van der Waals surface area contributed by atoms with E-state index in [0.29, 0.717) is 13.2 Å². The predicted molar refractivity (Wildman–Crippen MR) is 231 cm³/mol. The van der Waals surface area contributed by atoms with E-state index < -0.39 is 0 Å². The minimum atomic E-state index is 0.600. The molecule has 6 rings (SSSR count). The second-order valence-corrected chi connectivity index (χ2v) is 14.0. The molecule has 0 spiro atoms. The van der Waals surface area contributed by atoms with Crippen LogP contribution in [-0.4, -0.2) is 20.3 Å². The van der Waals surface area contributed by atoms with Crippen molar-refractivity contribution in [2.45, 2.75) is 47.5 Å². The van der Waals surface area contributed by atoms with Gasteiger partial charge in [0.15, 0.2) is 0 Å². The van der Waals surface area contributed by atoms with E-state index in [-0.39, 0.29) is 0 Å². The van der Waals surface area contributed by atoms with Gasteiger partial charge in [0.25, 0.3) is 0 Å². The van der Waals surface area contributed by atoms with E-state index in [2.05, 4.69) is 179 Å². The maximum atomic E-state index is 6.16. The highest BCUT2D eigenvalue weighted by Crippen LogP contribution is 2.44. The third kappa shape index (κ3) is 8.96. The lowest BCUT2D eigenvalue weighted by atomic mass is 9.99. The zero-order valence-electron chi connectivity index (χ0n) is 33.1. The van der Waals surface area contributed by atoms with Crippen LogP contribution in [0.1, 0.15) is 38.9 Å². The molecule has 0 amide bonds. The van der Waals surface area contributed by atoms with Crippen LogP contribution in [0.4, 0.5) is 34.1 Å². The van der Waals surface area contributed by atoms with Crippen molar-refractivity contribution >= 4 is 34.1 Å². The molecule has 0 N–H and O–H groups in total. The summed E-state index contributed by atoms with van der Waals surface area (Å²) in [5.74, 6) is 0.788. The number of hydrogen-bond donors (Lipinski definition) is 0. The highest BCUT2D eigenvalue weighted by Gasteiger charge is 2.20. The maximum absolute atomic E-state index is 6.16. The third-order valence-corrected chi connectivity index (χ3v) is 10.3. The van der Waals surface area contributed by atoms with Crippen LogP contribution in [0.25, 0.3) is 11.1 Å². The molecule has 0 unspecified atom stereocenters. The fourth-order valence-electron chi connectivity index (χ4n) is 6.86. The van der Waals surface area contributed by atoms with Gasteiger partial charge < -0.3 is 24.0 Å². The van der Waals surface area contributed by atoms with E-state index in [1.54, 1.807) is 7.11 Å². The fraction of sp³-hybridized carbons (Fsp3) is 0.200. The van der Waals surface area contributed by atoms with E-state index in [1.807, 2.05) is 0 Å². The van der Waals surface area contributed by atoms with Gasteiger partial charge in [-0.2, -0.15) is 0 Å². The monoisotopic (exact) mass is 728 g/mol. The van der Waals surface area contributed by atoms with Gasteiger partial charge in [-0.1, -0.05) is 61.7 Å². The third-order valence-electron chi connectivity index (χ3n) is 10.3. The molecule has 0 aliphatic carbocycles. The van der Waals surface area contributed by atoms with Crippen LogP contribution in [-0.2, 0) is 22.3 Å². The summed E-state index contributed by atoms with van der Waals surface area (Å²) in [5, 5.41) is 0. The standard InChI is InChI=1S/C50H52N2O3/c1-9-54-29-27-40-13-21-44(22-14-40)51(46-19-11-35(3)37(5)32-46)48-25-17-42(31-39(48)7)43-18-26-49(50(34-43)53-8)52(47-20-12-36(4)38(6)33-47)45-23-15-41(16-24-45)28-30-55-10-2/h9-26,31-34H,1-2,27-30H2,3-8H3. The van der Waals surface area contributed by atoms with Crippen molar-refractivity contribution in [3.8, 4) is 16.9 Å². The van der Waals surface area contributed by atoms with Crippen molar-refractivity contribution in [2.75, 3.05) is 30.1 Å². The van der Waals surface area contributed by atoms with Crippen molar-refractivity contribution in [1.82, 2.24) is 0 Å². The summed E-state index contributed by atoms with van der Waals surface area (Å²) in [5.41, 5.74) is 17.2. The van der Waals surface area contributed by atoms with Crippen LogP contribution in [0.15, 0.2) is 147 Å². The lowest BCUT2D eigenvalue weighted by Gasteiger charge is -2.29. The summed E-state index contributed by atoms with van der Waals surface area (Å²) in [6.07, 6.45) is 4.63. The van der Waals surface area contributed by atoms with Crippen molar-refractivity contribution in [2.24, 2.45) is 0 Å². The predicted octanol–water partition coefficient (Wildman–Crippen LogP) is 13.2. The molecule has 0 saturated heterocycles. The SMILES string of the molecule is C=COCCc1ccc(N(c2ccc(C)c(C)c2)c2ccc(-c3ccc(N(c4ccc(CCOC=C)cc4)c4ccc(C)c(C)c4)c(OC)c3)cc2C)cc1. The van der Waals surface area contributed by atoms with E-state index in [0.717, 1.165) is 69.4 Å². The van der Waals surface area contributed by atoms with Crippen LogP contribution in [0.5, 0.6) is 5.75 Å². The Balaban J connectivity index is 1.37. The fourth-order valence-corrected chi connectivity index (χ4v) is 6.86. The average molecular weight is 729 g/mol. The normalized spacial score (nSPS) is 10.8. The van der Waals surface area contributed by atoms with Crippen molar-refractivity contribution < 1.29 is 14.2 Å². The largest absolute Gasteiger partial charge is 0.501 e. The molecule has 0 aliphatic heterocycles. The Kier molecular flexibility index (Phi) is 12.4. The van der Waals surface area contributed by atoms with Crippen molar-refractivity contribution in [3.63, 3.8) is 0 Å². The Labute approximate surface area is 327 Å². The molecule has 280 valence electrons. The number of hydrogen-bond acceptors (Lipinski definition) is 5. The van der Waals surface area contributed by atoms with Gasteiger partial charge in [-0.25, -0.2) is 0 Å². The van der Waals surface area contributed by atoms with E-state index in [1.165, 1.54) is 45.9 Å². The molecule has 6 aromatic carbocycles. The number of anilines is 6. The Morgan fingerprint density at radius 3 is 1.33 bits per heavy atom. The molecular weight excluding hydrogens is 677 g/mol. The minimum Gasteiger partial charge on any atom is -0.501 e. The van der Waals surface area contributed by atoms with Crippen LogP contribution in [0, 0.1) is 34.6 Å². The zero-order chi connectivity index (χ0) is 38.9. The molecular formula is C50H52N2O3. The Hall–Kier alpha value is -6.20. The zero-order valence-corrected chi connectivity index (χ0v) is 33.1. The minimum absolute atomic E-state index is 0.600. The van der Waals surface area contributed by atoms with Crippen molar-refractivity contribution in [1.29, 1.82) is 0 Å². The van der Waals surface area contributed by atoms with Crippen LogP contribution in [0.2, 0.25) is 0 Å². The first-order valence-electron chi connectivity index (χ1n) is 18.9. The van der Waals surface area contributed by atoms with Crippen LogP contribution < -0.4 is 14.5 Å². The summed E-state index contributed by atoms with van der Waals surface area (Å²) in [7, 11) is 1.75. The lowest BCUT2D eigenvalue weighted by Crippen LogP contribution is -2.12. The summed E-state index contributed by atoms with van der Waals surface area (Å²) in [6, 6.07) is 43.9. The molecule has 0 heterocycles. The van der Waals surface area contributed by atoms with Gasteiger partial charge in [0, 0.05) is 41.3 Å². The van der Waals surface area contributed by atoms with E-state index in [9.17, 15) is 0 Å². The van der Waals surface area contributed by atoms with Gasteiger partial charge in [-0.3, -0.25) is 0 Å². The topological polar surface area (TPSA) is 34.2 Å². The second-order valence-electron chi connectivity index (χ2n) is 14.0. The van der Waals surface area contributed by atoms with Gasteiger partial charge in [-0.15, -0.1) is 0 Å². The molecule has 0 radical (unpaired) electrons. The average Bonchev–Trinajstić information content (AvgIpc) is 3.20. The molecule has 0 bridgehead atoms. The maximum Gasteiger partial charge on any atom is 0.143 e. The highest BCUT2D eigenvalue weighted by molar-refractivity contribution is 5.85. The Bertz CT molecular complexity index is 2260. The summed E-state index contributed by atoms with van der Waals surface area (Å²) in [6.45, 7) is 19.3. The number of benzene rings is 6. The molecule has 55 heavy (non-hydrogen) atoms. The number of methoxy groups -OCH3 is 1. The van der Waals surface area contributed by atoms with E-state index >= 15 is 0 Å². The van der Waals surface area contributed by atoms with Crippen molar-refractivity contribution in [3.05, 3.63) is 186 Å². The summed E-state index contributed by atoms with van der Waals surface area (Å²) >= 11 is 0. The van der Waals surface area contributed by atoms with Gasteiger partial charge in [0.1, 0.15) is 5.75 Å². The first kappa shape index (κ1) is 38.5. The summed E-state index contributed by atoms with van der Waals surface area (Å²) in [4.78, 5) is 4.62. The smallest absolute Gasteiger partial charge is 0.143 e. The number of rotatable bonds is 16. The number of aryl methyl sites for hydroxylation is 5. The molecule has 6 aromatic rings. The molecule has 0 aromatic heterocycles. The molecule has 5 heteroatoms. The highest BCUT2D eigenvalue weighted by atomic mass is 16.5. The van der Waals surface area contributed by atoms with Gasteiger partial charge in [0.2, 0.25) is 0 Å². The van der Waals surface area contributed by atoms with Gasteiger partial charge >= 0.3 is 0 Å².